The smallest absolute Gasteiger partial charge is 0.251 e. The maximum Gasteiger partial charge on any atom is 0.251 e. The molecule has 0 radical (unpaired) electrons. The zero-order valence-electron chi connectivity index (χ0n) is 32.5. The van der Waals surface area contributed by atoms with Crippen LogP contribution in [0.15, 0.2) is 66.7 Å². The SMILES string of the molecule is COc1c(CN2O[C@@H](CO)[C@@H]([C@H](C)O)[C@H]2C(=O)N[C@H]2C[C@H]3C[C@@H]([C@@H]2C)C3(C)C)cccc1-c1cc(C(=O)N[C@H](C)Cc2ccccc2)cc(N(C)C)c1. The van der Waals surface area contributed by atoms with Crippen molar-refractivity contribution in [2.75, 3.05) is 32.7 Å². The van der Waals surface area contributed by atoms with E-state index in [1.165, 1.54) is 6.42 Å². The molecule has 3 saturated carbocycles. The van der Waals surface area contributed by atoms with Gasteiger partial charge in [0.05, 0.1) is 26.4 Å². The normalized spacial score (nSPS) is 27.3. The van der Waals surface area contributed by atoms with Gasteiger partial charge in [-0.2, -0.15) is 5.06 Å². The molecule has 286 valence electrons. The number of aliphatic hydroxyl groups excluding tert-OH is 2. The Bertz CT molecular complexity index is 1760. The molecule has 3 aliphatic carbocycles. The third-order valence-corrected chi connectivity index (χ3v) is 12.5. The number of carbonyl (C=O) groups excluding carboxylic acids is 2. The van der Waals surface area contributed by atoms with Gasteiger partial charge in [-0.1, -0.05) is 69.3 Å². The lowest BCUT2D eigenvalue weighted by Gasteiger charge is -2.62. The van der Waals surface area contributed by atoms with Gasteiger partial charge in [-0.25, -0.2) is 0 Å². The molecule has 0 unspecified atom stereocenters. The predicted molar refractivity (Wildman–Crippen MR) is 207 cm³/mol. The fraction of sp³-hybridized carbons (Fsp3) is 0.535. The number of hydrogen-bond acceptors (Lipinski definition) is 8. The van der Waals surface area contributed by atoms with Crippen molar-refractivity contribution in [2.24, 2.45) is 29.1 Å². The van der Waals surface area contributed by atoms with E-state index < -0.39 is 24.2 Å². The van der Waals surface area contributed by atoms with Gasteiger partial charge in [0.25, 0.3) is 5.91 Å². The Morgan fingerprint density at radius 3 is 2.42 bits per heavy atom. The number of benzene rings is 3. The minimum atomic E-state index is -0.897. The summed E-state index contributed by atoms with van der Waals surface area (Å²) >= 11 is 0. The molecule has 4 fully saturated rings. The summed E-state index contributed by atoms with van der Waals surface area (Å²) in [5.74, 6) is 1.05. The second-order valence-corrected chi connectivity index (χ2v) is 16.5. The zero-order chi connectivity index (χ0) is 38.2. The summed E-state index contributed by atoms with van der Waals surface area (Å²) in [6, 6.07) is 20.8. The van der Waals surface area contributed by atoms with E-state index in [1.807, 2.05) is 80.5 Å². The quantitative estimate of drug-likeness (QED) is 0.184. The van der Waals surface area contributed by atoms with Crippen molar-refractivity contribution >= 4 is 17.5 Å². The minimum Gasteiger partial charge on any atom is -0.496 e. The molecule has 2 bridgehead atoms. The molecule has 7 rings (SSSR count). The van der Waals surface area contributed by atoms with E-state index in [1.54, 1.807) is 19.1 Å². The van der Waals surface area contributed by atoms with Crippen molar-refractivity contribution in [3.63, 3.8) is 0 Å². The number of nitrogens with zero attached hydrogens (tertiary/aromatic N) is 2. The van der Waals surface area contributed by atoms with E-state index in [2.05, 4.69) is 43.5 Å². The number of nitrogens with one attached hydrogen (secondary N) is 2. The number of methoxy groups -OCH3 is 1. The molecule has 10 heteroatoms. The van der Waals surface area contributed by atoms with E-state index >= 15 is 0 Å². The molecule has 9 atom stereocenters. The highest BCUT2D eigenvalue weighted by molar-refractivity contribution is 5.97. The summed E-state index contributed by atoms with van der Waals surface area (Å²) in [6.07, 6.45) is 1.20. The van der Waals surface area contributed by atoms with Crippen LogP contribution in [0.25, 0.3) is 11.1 Å². The Balaban J connectivity index is 1.27. The highest BCUT2D eigenvalue weighted by Gasteiger charge is 2.57. The molecular weight excluding hydrogens is 668 g/mol. The number of carbonyl (C=O) groups is 2. The summed E-state index contributed by atoms with van der Waals surface area (Å²) in [5, 5.41) is 29.4. The van der Waals surface area contributed by atoms with Gasteiger partial charge in [0.2, 0.25) is 5.91 Å². The number of ether oxygens (including phenoxy) is 1. The second kappa shape index (κ2) is 15.8. The molecule has 10 nitrogen and oxygen atoms in total. The van der Waals surface area contributed by atoms with E-state index in [-0.39, 0.29) is 42.5 Å². The van der Waals surface area contributed by atoms with Gasteiger partial charge in [0.1, 0.15) is 17.9 Å². The first-order valence-corrected chi connectivity index (χ1v) is 19.1. The molecule has 53 heavy (non-hydrogen) atoms. The molecule has 1 heterocycles. The molecule has 4 N–H and O–H groups in total. The Kier molecular flexibility index (Phi) is 11.5. The molecular formula is C43H58N4O6. The molecule has 1 aliphatic heterocycles. The molecule has 4 aliphatic rings. The van der Waals surface area contributed by atoms with Crippen LogP contribution in [-0.2, 0) is 22.6 Å². The van der Waals surface area contributed by atoms with Crippen LogP contribution in [0.1, 0.15) is 68.9 Å². The average molecular weight is 727 g/mol. The maximum atomic E-state index is 14.2. The van der Waals surface area contributed by atoms with E-state index in [9.17, 15) is 19.8 Å². The molecule has 3 aromatic carbocycles. The van der Waals surface area contributed by atoms with Gasteiger partial charge in [-0.15, -0.1) is 0 Å². The summed E-state index contributed by atoms with van der Waals surface area (Å²) < 4.78 is 6.07. The van der Waals surface area contributed by atoms with Crippen molar-refractivity contribution in [3.8, 4) is 16.9 Å². The van der Waals surface area contributed by atoms with Crippen LogP contribution in [0.4, 0.5) is 5.69 Å². The van der Waals surface area contributed by atoms with E-state index in [4.69, 9.17) is 9.57 Å². The number of anilines is 1. The topological polar surface area (TPSA) is 124 Å². The maximum absolute atomic E-state index is 14.2. The lowest BCUT2D eigenvalue weighted by molar-refractivity contribution is -0.183. The fourth-order valence-corrected chi connectivity index (χ4v) is 9.31. The van der Waals surface area contributed by atoms with Crippen LogP contribution >= 0.6 is 0 Å². The van der Waals surface area contributed by atoms with Gasteiger partial charge < -0.3 is 30.5 Å². The van der Waals surface area contributed by atoms with Crippen molar-refractivity contribution in [1.82, 2.24) is 15.7 Å². The molecule has 2 amide bonds. The number of para-hydroxylation sites is 1. The fourth-order valence-electron chi connectivity index (χ4n) is 9.31. The summed E-state index contributed by atoms with van der Waals surface area (Å²) in [6.45, 7) is 10.4. The largest absolute Gasteiger partial charge is 0.496 e. The monoisotopic (exact) mass is 726 g/mol. The number of amides is 2. The summed E-state index contributed by atoms with van der Waals surface area (Å²) in [5.41, 5.74) is 5.17. The summed E-state index contributed by atoms with van der Waals surface area (Å²) in [4.78, 5) is 36.1. The Morgan fingerprint density at radius 2 is 1.79 bits per heavy atom. The predicted octanol–water partition coefficient (Wildman–Crippen LogP) is 5.45. The first-order valence-electron chi connectivity index (χ1n) is 19.1. The second-order valence-electron chi connectivity index (χ2n) is 16.5. The number of fused-ring (bicyclic) bond motifs is 2. The average Bonchev–Trinajstić information content (AvgIpc) is 3.50. The number of hydrogen-bond donors (Lipinski definition) is 4. The highest BCUT2D eigenvalue weighted by Crippen LogP contribution is 2.61. The van der Waals surface area contributed by atoms with E-state index in [0.717, 1.165) is 34.4 Å². The van der Waals surface area contributed by atoms with Crippen molar-refractivity contribution in [2.45, 2.75) is 90.8 Å². The third kappa shape index (κ3) is 7.83. The number of hydroxylamine groups is 2. The van der Waals surface area contributed by atoms with Crippen LogP contribution in [0.2, 0.25) is 0 Å². The van der Waals surface area contributed by atoms with Crippen LogP contribution in [0.5, 0.6) is 5.75 Å². The molecule has 0 aromatic heterocycles. The van der Waals surface area contributed by atoms with Gasteiger partial charge >= 0.3 is 0 Å². The first-order chi connectivity index (χ1) is 25.2. The number of aliphatic hydroxyl groups is 2. The first kappa shape index (κ1) is 38.8. The minimum absolute atomic E-state index is 0.0403. The molecule has 1 saturated heterocycles. The molecule has 3 aromatic rings. The van der Waals surface area contributed by atoms with Crippen LogP contribution in [-0.4, -0.2) is 85.2 Å². The summed E-state index contributed by atoms with van der Waals surface area (Å²) in [7, 11) is 5.49. The highest BCUT2D eigenvalue weighted by atomic mass is 16.7. The Labute approximate surface area is 314 Å². The van der Waals surface area contributed by atoms with Gasteiger partial charge in [-0.05, 0) is 85.6 Å². The van der Waals surface area contributed by atoms with Crippen molar-refractivity contribution in [3.05, 3.63) is 83.4 Å². The van der Waals surface area contributed by atoms with Crippen LogP contribution in [0.3, 0.4) is 0 Å². The van der Waals surface area contributed by atoms with Gasteiger partial charge in [-0.3, -0.25) is 14.4 Å². The number of rotatable bonds is 13. The third-order valence-electron chi connectivity index (χ3n) is 12.5. The van der Waals surface area contributed by atoms with Gasteiger partial charge in [0.15, 0.2) is 0 Å². The Hall–Kier alpha value is -3.96. The Morgan fingerprint density at radius 1 is 1.06 bits per heavy atom. The molecule has 0 spiro atoms. The van der Waals surface area contributed by atoms with E-state index in [0.29, 0.717) is 35.5 Å². The zero-order valence-corrected chi connectivity index (χ0v) is 32.5. The lowest BCUT2D eigenvalue weighted by Crippen LogP contribution is -2.62. The van der Waals surface area contributed by atoms with Crippen LogP contribution in [0, 0.1) is 29.1 Å². The lowest BCUT2D eigenvalue weighted by atomic mass is 9.45. The standard InChI is InChI=1S/C43H58N4O6/c1-25(17-28-13-10-9-11-14-28)44-41(50)31-18-30(19-33(20-31)46(6)7)34-16-12-15-29(40(34)52-8)23-47-39(38(27(3)49)37(24-48)53-47)42(51)45-36-22-32-21-35(26(36)2)43(32,4)5/h9-16,18-20,25-27,32,35-39,48-49H,17,21-24H2,1-8H3,(H,44,50)(H,45,51)/t25-,26+,27+,32-,35+,36+,37+,38-,39+/m1/s1. The van der Waals surface area contributed by atoms with Crippen LogP contribution < -0.4 is 20.3 Å². The van der Waals surface area contributed by atoms with Crippen molar-refractivity contribution < 1.29 is 29.4 Å². The van der Waals surface area contributed by atoms with Gasteiger partial charge in [0, 0.05) is 54.5 Å². The van der Waals surface area contributed by atoms with Crippen molar-refractivity contribution in [1.29, 1.82) is 0 Å².